The lowest BCUT2D eigenvalue weighted by Gasteiger charge is -2.16. The number of amides is 2. The van der Waals surface area contributed by atoms with Gasteiger partial charge >= 0.3 is 0 Å². The Morgan fingerprint density at radius 3 is 2.41 bits per heavy atom. The Bertz CT molecular complexity index is 786. The molecule has 0 aliphatic carbocycles. The number of hydrogen-bond acceptors (Lipinski definition) is 4. The summed E-state index contributed by atoms with van der Waals surface area (Å²) in [6.45, 7) is 1.87. The number of thiocarbonyl (C=S) groups is 1. The van der Waals surface area contributed by atoms with E-state index in [1.165, 1.54) is 6.08 Å². The van der Waals surface area contributed by atoms with Crippen LogP contribution in [0.1, 0.15) is 11.3 Å². The third kappa shape index (κ3) is 2.53. The Kier molecular flexibility index (Phi) is 3.56. The van der Waals surface area contributed by atoms with Crippen LogP contribution in [0.25, 0.3) is 11.8 Å². The molecule has 1 aliphatic heterocycles. The van der Waals surface area contributed by atoms with Gasteiger partial charge in [-0.1, -0.05) is 18.2 Å². The van der Waals surface area contributed by atoms with Crippen LogP contribution in [-0.4, -0.2) is 26.7 Å². The van der Waals surface area contributed by atoms with Crippen LogP contribution in [0.2, 0.25) is 0 Å². The van der Waals surface area contributed by atoms with Crippen molar-refractivity contribution in [2.75, 3.05) is 0 Å². The molecule has 1 saturated heterocycles. The van der Waals surface area contributed by atoms with E-state index in [0.29, 0.717) is 5.56 Å². The Labute approximate surface area is 131 Å². The zero-order valence-electron chi connectivity index (χ0n) is 11.7. The van der Waals surface area contributed by atoms with Crippen molar-refractivity contribution in [3.8, 4) is 5.69 Å². The van der Waals surface area contributed by atoms with E-state index in [9.17, 15) is 9.59 Å². The summed E-state index contributed by atoms with van der Waals surface area (Å²) in [4.78, 5) is 23.7. The van der Waals surface area contributed by atoms with E-state index in [1.807, 2.05) is 37.3 Å². The first-order valence-corrected chi connectivity index (χ1v) is 6.95. The third-order valence-electron chi connectivity index (χ3n) is 3.29. The minimum Gasteiger partial charge on any atom is -0.299 e. The van der Waals surface area contributed by atoms with Crippen molar-refractivity contribution in [1.29, 1.82) is 0 Å². The molecule has 6 nitrogen and oxygen atoms in total. The van der Waals surface area contributed by atoms with E-state index < -0.39 is 11.8 Å². The zero-order valence-corrected chi connectivity index (χ0v) is 12.5. The first-order valence-electron chi connectivity index (χ1n) is 6.54. The molecule has 3 rings (SSSR count). The van der Waals surface area contributed by atoms with Crippen LogP contribution in [0.15, 0.2) is 42.1 Å². The van der Waals surface area contributed by atoms with E-state index in [2.05, 4.69) is 15.7 Å². The van der Waals surface area contributed by atoms with Gasteiger partial charge in [-0.15, -0.1) is 0 Å². The minimum atomic E-state index is -0.513. The Morgan fingerprint density at radius 2 is 1.77 bits per heavy atom. The molecule has 1 aromatic heterocycles. The molecular formula is C15H12N4O2S. The largest absolute Gasteiger partial charge is 0.299 e. The monoisotopic (exact) mass is 312 g/mol. The summed E-state index contributed by atoms with van der Waals surface area (Å²) in [5, 5.41) is 9.12. The van der Waals surface area contributed by atoms with Crippen LogP contribution in [0.3, 0.4) is 0 Å². The first-order chi connectivity index (χ1) is 10.6. The smallest absolute Gasteiger partial charge is 0.263 e. The summed E-state index contributed by atoms with van der Waals surface area (Å²) in [5.74, 6) is -1.03. The fraction of sp³-hybridized carbons (Fsp3) is 0.0667. The lowest BCUT2D eigenvalue weighted by molar-refractivity contribution is -0.123. The predicted molar refractivity (Wildman–Crippen MR) is 85.2 cm³/mol. The maximum Gasteiger partial charge on any atom is 0.263 e. The highest BCUT2D eigenvalue weighted by Crippen LogP contribution is 2.17. The lowest BCUT2D eigenvalue weighted by Crippen LogP contribution is -2.51. The molecule has 2 N–H and O–H groups in total. The van der Waals surface area contributed by atoms with E-state index in [0.717, 1.165) is 11.4 Å². The van der Waals surface area contributed by atoms with Gasteiger partial charge in [-0.3, -0.25) is 20.2 Å². The van der Waals surface area contributed by atoms with Crippen LogP contribution >= 0.6 is 12.2 Å². The van der Waals surface area contributed by atoms with Gasteiger partial charge in [-0.05, 0) is 37.4 Å². The van der Waals surface area contributed by atoms with E-state index in [4.69, 9.17) is 12.2 Å². The first kappa shape index (κ1) is 14.2. The second-order valence-electron chi connectivity index (χ2n) is 4.73. The van der Waals surface area contributed by atoms with E-state index >= 15 is 0 Å². The van der Waals surface area contributed by atoms with Gasteiger partial charge < -0.3 is 0 Å². The molecule has 1 aromatic carbocycles. The molecule has 0 spiro atoms. The Balaban J connectivity index is 1.99. The maximum absolute atomic E-state index is 11.9. The maximum atomic E-state index is 11.9. The van der Waals surface area contributed by atoms with Crippen molar-refractivity contribution in [2.45, 2.75) is 6.92 Å². The molecule has 0 bridgehead atoms. The van der Waals surface area contributed by atoms with Gasteiger partial charge in [0.15, 0.2) is 5.11 Å². The highest BCUT2D eigenvalue weighted by molar-refractivity contribution is 7.80. The quantitative estimate of drug-likeness (QED) is 0.494. The number of nitrogens with zero attached hydrogens (tertiary/aromatic N) is 2. The fourth-order valence-corrected chi connectivity index (χ4v) is 2.34. The van der Waals surface area contributed by atoms with Gasteiger partial charge in [0.1, 0.15) is 5.57 Å². The molecular weight excluding hydrogens is 300 g/mol. The number of carbonyl (C=O) groups excluding carboxylic acids is 2. The van der Waals surface area contributed by atoms with Crippen LogP contribution in [0, 0.1) is 6.92 Å². The standard InChI is InChI=1S/C15H12N4O2S/c1-9-10(7-12-13(20)17-15(22)18-14(12)21)8-16-19(9)11-5-3-2-4-6-11/h2-8H,1H3,(H2,17,18,20,21,22). The molecule has 1 aliphatic rings. The number of aromatic nitrogens is 2. The van der Waals surface area contributed by atoms with Crippen molar-refractivity contribution < 1.29 is 9.59 Å². The average molecular weight is 312 g/mol. The Hall–Kier alpha value is -2.80. The molecule has 2 aromatic rings. The predicted octanol–water partition coefficient (Wildman–Crippen LogP) is 1.10. The number of carbonyl (C=O) groups is 2. The highest BCUT2D eigenvalue weighted by atomic mass is 32.1. The van der Waals surface area contributed by atoms with Crippen LogP contribution < -0.4 is 10.6 Å². The molecule has 0 unspecified atom stereocenters. The third-order valence-corrected chi connectivity index (χ3v) is 3.50. The van der Waals surface area contributed by atoms with Gasteiger partial charge in [0.25, 0.3) is 11.8 Å². The fourth-order valence-electron chi connectivity index (χ4n) is 2.16. The van der Waals surface area contributed by atoms with Crippen molar-refractivity contribution in [3.05, 3.63) is 53.4 Å². The summed E-state index contributed by atoms with van der Waals surface area (Å²) in [7, 11) is 0. The average Bonchev–Trinajstić information content (AvgIpc) is 2.85. The van der Waals surface area contributed by atoms with Gasteiger partial charge in [0.2, 0.25) is 0 Å². The van der Waals surface area contributed by atoms with Crippen molar-refractivity contribution in [2.24, 2.45) is 0 Å². The van der Waals surface area contributed by atoms with Gasteiger partial charge in [-0.25, -0.2) is 4.68 Å². The van der Waals surface area contributed by atoms with Crippen LogP contribution in [0.5, 0.6) is 0 Å². The van der Waals surface area contributed by atoms with Crippen molar-refractivity contribution >= 4 is 35.2 Å². The molecule has 2 heterocycles. The molecule has 0 saturated carbocycles. The van der Waals surface area contributed by atoms with E-state index in [-0.39, 0.29) is 10.7 Å². The molecule has 0 radical (unpaired) electrons. The Morgan fingerprint density at radius 1 is 1.14 bits per heavy atom. The summed E-state index contributed by atoms with van der Waals surface area (Å²) in [6.07, 6.45) is 3.12. The summed E-state index contributed by atoms with van der Waals surface area (Å²) in [6, 6.07) is 9.60. The van der Waals surface area contributed by atoms with Crippen molar-refractivity contribution in [1.82, 2.24) is 20.4 Å². The van der Waals surface area contributed by atoms with E-state index in [1.54, 1.807) is 10.9 Å². The molecule has 1 fully saturated rings. The van der Waals surface area contributed by atoms with Crippen molar-refractivity contribution in [3.63, 3.8) is 0 Å². The van der Waals surface area contributed by atoms with Crippen LogP contribution in [0.4, 0.5) is 0 Å². The topological polar surface area (TPSA) is 76.0 Å². The second kappa shape index (κ2) is 5.53. The second-order valence-corrected chi connectivity index (χ2v) is 5.14. The van der Waals surface area contributed by atoms with Crippen LogP contribution in [-0.2, 0) is 9.59 Å². The highest BCUT2D eigenvalue weighted by Gasteiger charge is 2.26. The van der Waals surface area contributed by atoms with Gasteiger partial charge in [0, 0.05) is 11.3 Å². The zero-order chi connectivity index (χ0) is 15.7. The number of benzene rings is 1. The summed E-state index contributed by atoms with van der Waals surface area (Å²) in [5.41, 5.74) is 2.43. The molecule has 22 heavy (non-hydrogen) atoms. The summed E-state index contributed by atoms with van der Waals surface area (Å²) >= 11 is 4.76. The van der Waals surface area contributed by atoms with Gasteiger partial charge in [-0.2, -0.15) is 5.10 Å². The normalized spacial score (nSPS) is 14.6. The molecule has 7 heteroatoms. The molecule has 2 amide bonds. The molecule has 0 atom stereocenters. The summed E-state index contributed by atoms with van der Waals surface area (Å²) < 4.78 is 1.75. The number of rotatable bonds is 2. The minimum absolute atomic E-state index is 0.00399. The lowest BCUT2D eigenvalue weighted by atomic mass is 10.1. The molecule has 110 valence electrons. The number of hydrogen-bond donors (Lipinski definition) is 2. The van der Waals surface area contributed by atoms with Gasteiger partial charge in [0.05, 0.1) is 11.9 Å². The SMILES string of the molecule is Cc1c(C=C2C(=O)NC(=S)NC2=O)cnn1-c1ccccc1. The number of nitrogens with one attached hydrogen (secondary N) is 2. The number of para-hydroxylation sites is 1.